The molecule has 8 atom stereocenters. The summed E-state index contributed by atoms with van der Waals surface area (Å²) < 4.78 is 6.21. The number of amides is 4. The molecule has 14 heteroatoms. The lowest BCUT2D eigenvalue weighted by Gasteiger charge is -2.29. The zero-order chi connectivity index (χ0) is 36.4. The highest BCUT2D eigenvalue weighted by Gasteiger charge is 2.44. The number of aliphatic imine (C=N–C) groups is 3. The molecule has 3 N–H and O–H groups in total. The Bertz CT molecular complexity index is 1770. The van der Waals surface area contributed by atoms with Crippen LogP contribution < -0.4 is 16.0 Å². The van der Waals surface area contributed by atoms with Crippen LogP contribution in [0, 0.1) is 5.92 Å². The van der Waals surface area contributed by atoms with E-state index in [0.29, 0.717) is 53.3 Å². The van der Waals surface area contributed by atoms with Crippen molar-refractivity contribution in [2.24, 2.45) is 20.9 Å². The zero-order valence-corrected chi connectivity index (χ0v) is 31.2. The van der Waals surface area contributed by atoms with Crippen molar-refractivity contribution in [1.29, 1.82) is 0 Å². The summed E-state index contributed by atoms with van der Waals surface area (Å²) in [6, 6.07) is 15.1. The highest BCUT2D eigenvalue weighted by Crippen LogP contribution is 2.29. The van der Waals surface area contributed by atoms with E-state index in [1.165, 1.54) is 23.5 Å². The van der Waals surface area contributed by atoms with Crippen LogP contribution in [-0.2, 0) is 36.8 Å². The minimum absolute atomic E-state index is 0.00114. The quantitative estimate of drug-likeness (QED) is 0.426. The van der Waals surface area contributed by atoms with Gasteiger partial charge in [-0.3, -0.25) is 29.2 Å². The molecule has 5 aliphatic rings. The van der Waals surface area contributed by atoms with Crippen LogP contribution in [0.2, 0.25) is 0 Å². The van der Waals surface area contributed by atoms with Crippen LogP contribution in [0.1, 0.15) is 44.7 Å². The lowest BCUT2D eigenvalue weighted by molar-refractivity contribution is -0.136. The molecule has 0 radical (unpaired) electrons. The van der Waals surface area contributed by atoms with Gasteiger partial charge in [0.2, 0.25) is 29.5 Å². The molecule has 0 saturated carbocycles. The number of nitrogens with zero attached hydrogens (tertiary/aromatic N) is 4. The number of hydrogen-bond donors (Lipinski definition) is 3. The number of fused-ring (bicyclic) bond motifs is 5. The summed E-state index contributed by atoms with van der Waals surface area (Å²) in [6.45, 7) is 6.31. The number of hydrogen-bond acceptors (Lipinski definition) is 10. The molecule has 52 heavy (non-hydrogen) atoms. The SMILES string of the molecule is CC(C)[C@@H]1NC(=O)[C@H]2N=C(O[C@@H]2C)[C@@H]2CCCN2C(=O)[C@H](Cc2ccccc2)NC(=O)[C@@H]2CSC(=N2)[C@@H](Cc2ccccc2)NC(=O)[C@@H]2CSC1=N2. The maximum absolute atomic E-state index is 14.4. The summed E-state index contributed by atoms with van der Waals surface area (Å²) >= 11 is 2.93. The van der Waals surface area contributed by atoms with Gasteiger partial charge in [-0.15, -0.1) is 23.5 Å². The molecule has 274 valence electrons. The van der Waals surface area contributed by atoms with E-state index in [2.05, 4.69) is 16.0 Å². The summed E-state index contributed by atoms with van der Waals surface area (Å²) in [5.74, 6) is 0.108. The van der Waals surface area contributed by atoms with Crippen molar-refractivity contribution in [2.45, 2.75) is 94.9 Å². The highest BCUT2D eigenvalue weighted by atomic mass is 32.2. The van der Waals surface area contributed by atoms with E-state index in [1.54, 1.807) is 4.90 Å². The predicted octanol–water partition coefficient (Wildman–Crippen LogP) is 2.80. The zero-order valence-electron chi connectivity index (χ0n) is 29.6. The standard InChI is InChI=1S/C38H45N7O5S2/c1-21(2)30-37-42-28(20-52-37)32(46)39-25(17-23-11-6-4-7-12-23)36-41-27(19-51-36)33(47)40-26(18-24-13-8-5-9-14-24)38(49)45-16-10-15-29(45)35-44-31(22(3)50-35)34(48)43-30/h4-9,11-14,21-22,25-31H,10,15-20H2,1-3H3,(H,39,46)(H,40,47)(H,43,48)/t22-,25-,26+,27+,28+,29+,30+,31+/m1/s1. The van der Waals surface area contributed by atoms with Crippen LogP contribution in [0.5, 0.6) is 0 Å². The fourth-order valence-electron chi connectivity index (χ4n) is 7.25. The van der Waals surface area contributed by atoms with Gasteiger partial charge in [0, 0.05) is 24.5 Å². The highest BCUT2D eigenvalue weighted by molar-refractivity contribution is 8.14. The number of nitrogens with one attached hydrogen (secondary N) is 3. The van der Waals surface area contributed by atoms with Crippen molar-refractivity contribution in [2.75, 3.05) is 18.1 Å². The smallest absolute Gasteiger partial charge is 0.249 e. The normalized spacial score (nSPS) is 31.1. The van der Waals surface area contributed by atoms with Crippen molar-refractivity contribution in [3.8, 4) is 0 Å². The number of carbonyl (C=O) groups excluding carboxylic acids is 4. The molecule has 6 bridgehead atoms. The van der Waals surface area contributed by atoms with Gasteiger partial charge >= 0.3 is 0 Å². The lowest BCUT2D eigenvalue weighted by Crippen LogP contribution is -2.54. The molecule has 5 aliphatic heterocycles. The Morgan fingerprint density at radius 2 is 1.35 bits per heavy atom. The number of carbonyl (C=O) groups is 4. The molecule has 0 spiro atoms. The van der Waals surface area contributed by atoms with Gasteiger partial charge in [-0.2, -0.15) is 0 Å². The third-order valence-corrected chi connectivity index (χ3v) is 12.4. The molecular weight excluding hydrogens is 699 g/mol. The molecule has 2 aromatic carbocycles. The first kappa shape index (κ1) is 36.2. The number of thioether (sulfide) groups is 2. The van der Waals surface area contributed by atoms with E-state index in [-0.39, 0.29) is 29.5 Å². The third-order valence-electron chi connectivity index (χ3n) is 10.1. The van der Waals surface area contributed by atoms with Gasteiger partial charge in [-0.25, -0.2) is 4.99 Å². The average molecular weight is 744 g/mol. The maximum atomic E-state index is 14.4. The second-order valence-corrected chi connectivity index (χ2v) is 16.3. The van der Waals surface area contributed by atoms with E-state index in [4.69, 9.17) is 19.7 Å². The third kappa shape index (κ3) is 7.92. The molecule has 4 amide bonds. The summed E-state index contributed by atoms with van der Waals surface area (Å²) in [4.78, 5) is 72.2. The van der Waals surface area contributed by atoms with Crippen molar-refractivity contribution in [3.05, 3.63) is 71.8 Å². The minimum Gasteiger partial charge on any atom is -0.474 e. The van der Waals surface area contributed by atoms with Crippen LogP contribution in [-0.4, -0.2) is 111 Å². The van der Waals surface area contributed by atoms with Gasteiger partial charge < -0.3 is 25.6 Å². The first-order valence-corrected chi connectivity index (χ1v) is 20.1. The van der Waals surface area contributed by atoms with Gasteiger partial charge in [-0.1, -0.05) is 74.5 Å². The minimum atomic E-state index is -0.856. The van der Waals surface area contributed by atoms with Gasteiger partial charge in [0.15, 0.2) is 6.04 Å². The Kier molecular flexibility index (Phi) is 11.0. The second-order valence-electron chi connectivity index (χ2n) is 14.2. The summed E-state index contributed by atoms with van der Waals surface area (Å²) in [7, 11) is 0. The van der Waals surface area contributed by atoms with E-state index in [0.717, 1.165) is 17.5 Å². The maximum Gasteiger partial charge on any atom is 0.249 e. The molecule has 0 aliphatic carbocycles. The lowest BCUT2D eigenvalue weighted by atomic mass is 10.0. The van der Waals surface area contributed by atoms with Crippen molar-refractivity contribution in [1.82, 2.24) is 20.9 Å². The molecule has 12 nitrogen and oxygen atoms in total. The van der Waals surface area contributed by atoms with Crippen LogP contribution in [0.4, 0.5) is 0 Å². The van der Waals surface area contributed by atoms with Crippen molar-refractivity contribution < 1.29 is 23.9 Å². The summed E-state index contributed by atoms with van der Waals surface area (Å²) in [6.07, 6.45) is 1.63. The molecule has 2 aromatic rings. The Labute approximate surface area is 312 Å². The van der Waals surface area contributed by atoms with Crippen LogP contribution >= 0.6 is 23.5 Å². The summed E-state index contributed by atoms with van der Waals surface area (Å²) in [5.41, 5.74) is 1.93. The fraction of sp³-hybridized carbons (Fsp3) is 0.500. The monoisotopic (exact) mass is 743 g/mol. The number of ether oxygens (including phenoxy) is 1. The Morgan fingerprint density at radius 1 is 0.769 bits per heavy atom. The Balaban J connectivity index is 1.24. The van der Waals surface area contributed by atoms with Crippen LogP contribution in [0.25, 0.3) is 0 Å². The predicted molar refractivity (Wildman–Crippen MR) is 205 cm³/mol. The first-order chi connectivity index (χ1) is 25.1. The van der Waals surface area contributed by atoms with Gasteiger partial charge in [0.1, 0.15) is 30.3 Å². The fourth-order valence-corrected chi connectivity index (χ4v) is 9.62. The largest absolute Gasteiger partial charge is 0.474 e. The van der Waals surface area contributed by atoms with Gasteiger partial charge in [0.05, 0.1) is 22.2 Å². The van der Waals surface area contributed by atoms with E-state index >= 15 is 0 Å². The molecule has 0 aromatic heterocycles. The van der Waals surface area contributed by atoms with E-state index < -0.39 is 48.4 Å². The molecule has 1 fully saturated rings. The molecule has 0 unspecified atom stereocenters. The second kappa shape index (κ2) is 15.8. The first-order valence-electron chi connectivity index (χ1n) is 18.1. The van der Waals surface area contributed by atoms with Crippen molar-refractivity contribution >= 4 is 63.1 Å². The topological polar surface area (TPSA) is 154 Å². The molecular formula is C38H45N7O5S2. The Morgan fingerprint density at radius 3 is 1.98 bits per heavy atom. The Hall–Kier alpha value is -4.17. The van der Waals surface area contributed by atoms with E-state index in [9.17, 15) is 19.2 Å². The van der Waals surface area contributed by atoms with Gasteiger partial charge in [-0.05, 0) is 43.2 Å². The van der Waals surface area contributed by atoms with Crippen LogP contribution in [0.15, 0.2) is 75.6 Å². The molecule has 1 saturated heterocycles. The number of benzene rings is 2. The number of rotatable bonds is 5. The molecule has 7 rings (SSSR count). The van der Waals surface area contributed by atoms with Crippen molar-refractivity contribution in [3.63, 3.8) is 0 Å². The summed E-state index contributed by atoms with van der Waals surface area (Å²) in [5, 5.41) is 10.8. The van der Waals surface area contributed by atoms with Gasteiger partial charge in [0.25, 0.3) is 0 Å². The average Bonchev–Trinajstić information content (AvgIpc) is 3.97. The molecule has 5 heterocycles. The van der Waals surface area contributed by atoms with E-state index in [1.807, 2.05) is 81.4 Å². The van der Waals surface area contributed by atoms with Crippen LogP contribution in [0.3, 0.4) is 0 Å².